The number of nitrogens with zero attached hydrogens (tertiary/aromatic N) is 4. The first-order valence-electron chi connectivity index (χ1n) is 9.94. The van der Waals surface area contributed by atoms with Gasteiger partial charge >= 0.3 is 0 Å². The molecule has 31 heavy (non-hydrogen) atoms. The third kappa shape index (κ3) is 3.82. The zero-order valence-electron chi connectivity index (χ0n) is 16.6. The lowest BCUT2D eigenvalue weighted by Crippen LogP contribution is -2.48. The minimum absolute atomic E-state index is 0.0694. The van der Waals surface area contributed by atoms with Crippen molar-refractivity contribution in [1.29, 1.82) is 0 Å². The molecular weight excluding hydrogens is 415 g/mol. The Bertz CT molecular complexity index is 1200. The minimum atomic E-state index is -0.382. The summed E-state index contributed by atoms with van der Waals surface area (Å²) in [6.07, 6.45) is 3.28. The Morgan fingerprint density at radius 1 is 0.968 bits per heavy atom. The van der Waals surface area contributed by atoms with Crippen molar-refractivity contribution in [3.05, 3.63) is 77.7 Å². The first-order chi connectivity index (χ1) is 15.2. The van der Waals surface area contributed by atoms with Gasteiger partial charge in [-0.1, -0.05) is 24.3 Å². The molecular formula is C23H19FN4O2S. The second-order valence-corrected chi connectivity index (χ2v) is 8.02. The number of rotatable bonds is 4. The molecule has 6 nitrogen and oxygen atoms in total. The normalized spacial score (nSPS) is 14.1. The highest BCUT2D eigenvalue weighted by molar-refractivity contribution is 7.13. The summed E-state index contributed by atoms with van der Waals surface area (Å²) in [5, 5.41) is 2.93. The van der Waals surface area contributed by atoms with Crippen molar-refractivity contribution >= 4 is 22.4 Å². The standard InChI is InChI=1S/C23H19FN4O2S/c24-19-8-4-3-7-18(19)20-15-26-21(30-20)16-5-1-2-6-17(16)22(29)27-10-12-28(13-11-27)23-25-9-14-31-23/h1-9,14-15H,10-13H2. The van der Waals surface area contributed by atoms with Gasteiger partial charge in [0.05, 0.1) is 17.3 Å². The first-order valence-corrected chi connectivity index (χ1v) is 10.8. The topological polar surface area (TPSA) is 62.5 Å². The number of anilines is 1. The Balaban J connectivity index is 1.38. The molecule has 1 fully saturated rings. The summed E-state index contributed by atoms with van der Waals surface area (Å²) in [7, 11) is 0. The maximum absolute atomic E-state index is 14.1. The fraction of sp³-hybridized carbons (Fsp3) is 0.174. The second-order valence-electron chi connectivity index (χ2n) is 7.15. The van der Waals surface area contributed by atoms with Crippen LogP contribution < -0.4 is 4.90 Å². The van der Waals surface area contributed by atoms with Crippen molar-refractivity contribution in [3.8, 4) is 22.8 Å². The molecule has 5 rings (SSSR count). The van der Waals surface area contributed by atoms with E-state index in [1.54, 1.807) is 47.9 Å². The number of benzene rings is 2. The van der Waals surface area contributed by atoms with Gasteiger partial charge in [-0.25, -0.2) is 14.4 Å². The molecule has 1 amide bonds. The molecule has 3 heterocycles. The van der Waals surface area contributed by atoms with Crippen LogP contribution in [0.2, 0.25) is 0 Å². The van der Waals surface area contributed by atoms with E-state index in [0.29, 0.717) is 41.4 Å². The Morgan fingerprint density at radius 3 is 2.45 bits per heavy atom. The molecule has 0 bridgehead atoms. The quantitative estimate of drug-likeness (QED) is 0.471. The average Bonchev–Trinajstić information content (AvgIpc) is 3.52. The van der Waals surface area contributed by atoms with Crippen molar-refractivity contribution in [1.82, 2.24) is 14.9 Å². The van der Waals surface area contributed by atoms with Gasteiger partial charge in [0, 0.05) is 43.3 Å². The fourth-order valence-corrected chi connectivity index (χ4v) is 4.38. The molecule has 0 saturated carbocycles. The van der Waals surface area contributed by atoms with Crippen LogP contribution in [-0.2, 0) is 0 Å². The smallest absolute Gasteiger partial charge is 0.254 e. The predicted octanol–water partition coefficient (Wildman–Crippen LogP) is 4.57. The number of carbonyl (C=O) groups is 1. The van der Waals surface area contributed by atoms with E-state index in [1.165, 1.54) is 12.3 Å². The van der Waals surface area contributed by atoms with Crippen LogP contribution in [0.25, 0.3) is 22.8 Å². The summed E-state index contributed by atoms with van der Waals surface area (Å²) in [5.41, 5.74) is 1.45. The maximum atomic E-state index is 14.1. The number of halogens is 1. The lowest BCUT2D eigenvalue weighted by atomic mass is 10.1. The van der Waals surface area contributed by atoms with Gasteiger partial charge in [-0.05, 0) is 24.3 Å². The summed E-state index contributed by atoms with van der Waals surface area (Å²) < 4.78 is 20.0. The van der Waals surface area contributed by atoms with Crippen LogP contribution >= 0.6 is 11.3 Å². The molecule has 0 spiro atoms. The fourth-order valence-electron chi connectivity index (χ4n) is 3.68. The lowest BCUT2D eigenvalue weighted by molar-refractivity contribution is 0.0747. The van der Waals surface area contributed by atoms with Gasteiger partial charge in [-0.3, -0.25) is 4.79 Å². The molecule has 156 valence electrons. The highest BCUT2D eigenvalue weighted by Crippen LogP contribution is 2.30. The molecule has 1 saturated heterocycles. The zero-order chi connectivity index (χ0) is 21.2. The number of piperazine rings is 1. The van der Waals surface area contributed by atoms with Gasteiger partial charge in [0.1, 0.15) is 5.82 Å². The molecule has 2 aromatic carbocycles. The highest BCUT2D eigenvalue weighted by Gasteiger charge is 2.26. The van der Waals surface area contributed by atoms with Crippen molar-refractivity contribution in [2.24, 2.45) is 0 Å². The summed E-state index contributed by atoms with van der Waals surface area (Å²) in [6.45, 7) is 2.69. The van der Waals surface area contributed by atoms with Crippen molar-refractivity contribution in [2.75, 3.05) is 31.1 Å². The van der Waals surface area contributed by atoms with Crippen LogP contribution in [-0.4, -0.2) is 47.0 Å². The van der Waals surface area contributed by atoms with Gasteiger partial charge in [-0.15, -0.1) is 11.3 Å². The van der Waals surface area contributed by atoms with Crippen LogP contribution in [0.3, 0.4) is 0 Å². The molecule has 2 aromatic heterocycles. The van der Waals surface area contributed by atoms with Gasteiger partial charge in [0.2, 0.25) is 5.89 Å². The number of hydrogen-bond acceptors (Lipinski definition) is 6. The maximum Gasteiger partial charge on any atom is 0.254 e. The summed E-state index contributed by atoms with van der Waals surface area (Å²) >= 11 is 1.60. The minimum Gasteiger partial charge on any atom is -0.436 e. The monoisotopic (exact) mass is 434 g/mol. The Kier molecular flexibility index (Phi) is 5.21. The van der Waals surface area contributed by atoms with Gasteiger partial charge < -0.3 is 14.2 Å². The van der Waals surface area contributed by atoms with Gasteiger partial charge in [0.25, 0.3) is 5.91 Å². The van der Waals surface area contributed by atoms with E-state index in [9.17, 15) is 9.18 Å². The molecule has 0 N–H and O–H groups in total. The van der Waals surface area contributed by atoms with Crippen molar-refractivity contribution < 1.29 is 13.6 Å². The van der Waals surface area contributed by atoms with Crippen LogP contribution in [0.15, 0.2) is 70.7 Å². The third-order valence-electron chi connectivity index (χ3n) is 5.29. The number of aromatic nitrogens is 2. The lowest BCUT2D eigenvalue weighted by Gasteiger charge is -2.34. The van der Waals surface area contributed by atoms with E-state index in [2.05, 4.69) is 14.9 Å². The number of thiazole rings is 1. The van der Waals surface area contributed by atoms with Crippen LogP contribution in [0.5, 0.6) is 0 Å². The van der Waals surface area contributed by atoms with E-state index in [4.69, 9.17) is 4.42 Å². The predicted molar refractivity (Wildman–Crippen MR) is 118 cm³/mol. The second kappa shape index (κ2) is 8.31. The summed E-state index contributed by atoms with van der Waals surface area (Å²) in [5.74, 6) is 0.170. The van der Waals surface area contributed by atoms with Crippen LogP contribution in [0.1, 0.15) is 10.4 Å². The average molecular weight is 434 g/mol. The first kappa shape index (κ1) is 19.4. The third-order valence-corrected chi connectivity index (χ3v) is 6.12. The Morgan fingerprint density at radius 2 is 1.71 bits per heavy atom. The Hall–Kier alpha value is -3.52. The SMILES string of the molecule is O=C(c1ccccc1-c1ncc(-c2ccccc2F)o1)N1CCN(c2nccs2)CC1. The van der Waals surface area contributed by atoms with Gasteiger partial charge in [0.15, 0.2) is 10.9 Å². The largest absolute Gasteiger partial charge is 0.436 e. The molecule has 1 aliphatic heterocycles. The number of hydrogen-bond donors (Lipinski definition) is 0. The number of amides is 1. The van der Waals surface area contributed by atoms with E-state index >= 15 is 0 Å². The highest BCUT2D eigenvalue weighted by atomic mass is 32.1. The number of oxazole rings is 1. The van der Waals surface area contributed by atoms with E-state index < -0.39 is 0 Å². The summed E-state index contributed by atoms with van der Waals surface area (Å²) in [4.78, 5) is 26.0. The van der Waals surface area contributed by atoms with Crippen molar-refractivity contribution in [2.45, 2.75) is 0 Å². The molecule has 0 radical (unpaired) electrons. The summed E-state index contributed by atoms with van der Waals surface area (Å²) in [6, 6.07) is 13.6. The van der Waals surface area contributed by atoms with E-state index in [0.717, 1.165) is 18.2 Å². The molecule has 0 aliphatic carbocycles. The number of carbonyl (C=O) groups excluding carboxylic acids is 1. The van der Waals surface area contributed by atoms with Crippen LogP contribution in [0.4, 0.5) is 9.52 Å². The Labute approximate surface area is 182 Å². The molecule has 0 unspecified atom stereocenters. The molecule has 8 heteroatoms. The van der Waals surface area contributed by atoms with E-state index in [-0.39, 0.29) is 11.7 Å². The van der Waals surface area contributed by atoms with Gasteiger partial charge in [-0.2, -0.15) is 0 Å². The zero-order valence-corrected chi connectivity index (χ0v) is 17.4. The molecule has 0 atom stereocenters. The van der Waals surface area contributed by atoms with Crippen molar-refractivity contribution in [3.63, 3.8) is 0 Å². The van der Waals surface area contributed by atoms with E-state index in [1.807, 2.05) is 22.4 Å². The molecule has 4 aromatic rings. The molecule has 1 aliphatic rings. The van der Waals surface area contributed by atoms with Crippen LogP contribution in [0, 0.1) is 5.82 Å².